The number of anilines is 1. The lowest BCUT2D eigenvalue weighted by Crippen LogP contribution is -2.42. The number of halogens is 2. The van der Waals surface area contributed by atoms with Crippen LogP contribution >= 0.6 is 8.58 Å². The summed E-state index contributed by atoms with van der Waals surface area (Å²) in [4.78, 5) is 9.08. The van der Waals surface area contributed by atoms with Crippen LogP contribution in [0.15, 0.2) is 67.1 Å². The van der Waals surface area contributed by atoms with E-state index in [4.69, 9.17) is 0 Å². The molecule has 0 N–H and O–H groups in total. The Bertz CT molecular complexity index is 1360. The second-order valence-corrected chi connectivity index (χ2v) is 11.0. The molecule has 1 unspecified atom stereocenters. The van der Waals surface area contributed by atoms with Crippen molar-refractivity contribution < 1.29 is 8.78 Å². The molecular formula is C27H28F2N5P. The Balaban J connectivity index is 1.36. The largest absolute Gasteiger partial charge is 0.367 e. The number of hydrogen-bond acceptors (Lipinski definition) is 3. The summed E-state index contributed by atoms with van der Waals surface area (Å²) in [6.07, 6.45) is 6.69. The van der Waals surface area contributed by atoms with Gasteiger partial charge in [0.15, 0.2) is 5.82 Å². The van der Waals surface area contributed by atoms with Gasteiger partial charge in [-0.05, 0) is 61.6 Å². The van der Waals surface area contributed by atoms with E-state index in [0.29, 0.717) is 6.54 Å². The lowest BCUT2D eigenvalue weighted by Gasteiger charge is -2.38. The fourth-order valence-corrected chi connectivity index (χ4v) is 6.50. The summed E-state index contributed by atoms with van der Waals surface area (Å²) in [6, 6.07) is 15.3. The third-order valence-electron chi connectivity index (χ3n) is 6.92. The molecule has 2 aliphatic heterocycles. The first kappa shape index (κ1) is 22.4. The van der Waals surface area contributed by atoms with Crippen molar-refractivity contribution in [1.29, 1.82) is 0 Å². The molecule has 2 aromatic heterocycles. The van der Waals surface area contributed by atoms with Gasteiger partial charge in [0.1, 0.15) is 11.7 Å². The maximum absolute atomic E-state index is 14.6. The Morgan fingerprint density at radius 3 is 2.71 bits per heavy atom. The van der Waals surface area contributed by atoms with Crippen molar-refractivity contribution in [3.05, 3.63) is 78.5 Å². The third-order valence-corrected chi connectivity index (χ3v) is 8.34. The monoisotopic (exact) mass is 491 g/mol. The highest BCUT2D eigenvalue weighted by Crippen LogP contribution is 2.39. The lowest BCUT2D eigenvalue weighted by molar-refractivity contribution is 0.245. The molecule has 0 aliphatic carbocycles. The first-order chi connectivity index (χ1) is 17.0. The fourth-order valence-electron chi connectivity index (χ4n) is 5.25. The molecule has 0 saturated carbocycles. The SMILES string of the molecule is CN(C)C[C@@H]1CN(c2ccc3c(c2)Cn2cc(-c4ccc(F)cc4)cc2-c2nccn2-3)CP[C@@H]1F. The van der Waals surface area contributed by atoms with Gasteiger partial charge >= 0.3 is 0 Å². The molecular weight excluding hydrogens is 463 g/mol. The van der Waals surface area contributed by atoms with Crippen molar-refractivity contribution in [2.24, 2.45) is 5.92 Å². The summed E-state index contributed by atoms with van der Waals surface area (Å²) >= 11 is 0. The number of hydrogen-bond donors (Lipinski definition) is 0. The second-order valence-electron chi connectivity index (χ2n) is 9.69. The van der Waals surface area contributed by atoms with Crippen LogP contribution in [0.3, 0.4) is 0 Å². The summed E-state index contributed by atoms with van der Waals surface area (Å²) in [5.41, 5.74) is 6.48. The quantitative estimate of drug-likeness (QED) is 0.314. The zero-order valence-corrected chi connectivity index (χ0v) is 20.8. The number of alkyl halides is 1. The minimum Gasteiger partial charge on any atom is -0.367 e. The maximum Gasteiger partial charge on any atom is 0.161 e. The molecule has 35 heavy (non-hydrogen) atoms. The van der Waals surface area contributed by atoms with Crippen molar-refractivity contribution in [1.82, 2.24) is 19.0 Å². The van der Waals surface area contributed by atoms with Crippen molar-refractivity contribution in [2.75, 3.05) is 38.4 Å². The minimum atomic E-state index is -0.727. The normalized spacial score (nSPS) is 20.0. The molecule has 5 nitrogen and oxygen atoms in total. The van der Waals surface area contributed by atoms with Crippen LogP contribution in [0.4, 0.5) is 14.5 Å². The molecule has 0 amide bonds. The molecule has 1 fully saturated rings. The van der Waals surface area contributed by atoms with Gasteiger partial charge in [-0.2, -0.15) is 0 Å². The molecule has 0 bridgehead atoms. The van der Waals surface area contributed by atoms with Crippen LogP contribution in [0.5, 0.6) is 0 Å². The summed E-state index contributed by atoms with van der Waals surface area (Å²) in [6.45, 7) is 2.18. The van der Waals surface area contributed by atoms with E-state index in [-0.39, 0.29) is 20.3 Å². The molecule has 1 saturated heterocycles. The number of nitrogens with zero attached hydrogens (tertiary/aromatic N) is 5. The summed E-state index contributed by atoms with van der Waals surface area (Å²) in [7, 11) is 4.30. The molecule has 2 aromatic carbocycles. The second kappa shape index (κ2) is 8.89. The number of fused-ring (bicyclic) bond motifs is 5. The third kappa shape index (κ3) is 4.17. The Kier molecular flexibility index (Phi) is 5.70. The van der Waals surface area contributed by atoms with Crippen molar-refractivity contribution in [3.8, 4) is 28.3 Å². The number of rotatable bonds is 4. The Labute approximate surface area is 205 Å². The zero-order valence-electron chi connectivity index (χ0n) is 19.8. The number of aromatic nitrogens is 3. The fraction of sp³-hybridized carbons (Fsp3) is 0.296. The van der Waals surface area contributed by atoms with E-state index in [9.17, 15) is 8.78 Å². The van der Waals surface area contributed by atoms with Gasteiger partial charge in [0.05, 0.1) is 11.4 Å². The Morgan fingerprint density at radius 1 is 1.09 bits per heavy atom. The van der Waals surface area contributed by atoms with Crippen molar-refractivity contribution >= 4 is 14.3 Å². The highest BCUT2D eigenvalue weighted by atomic mass is 31.1. The number of imidazole rings is 1. The predicted octanol–water partition coefficient (Wildman–Crippen LogP) is 5.44. The smallest absolute Gasteiger partial charge is 0.161 e. The van der Waals surface area contributed by atoms with Gasteiger partial charge in [0.25, 0.3) is 0 Å². The van der Waals surface area contributed by atoms with Crippen LogP contribution < -0.4 is 4.90 Å². The van der Waals surface area contributed by atoms with E-state index in [0.717, 1.165) is 53.4 Å². The van der Waals surface area contributed by atoms with Crippen LogP contribution in [0.25, 0.3) is 28.3 Å². The topological polar surface area (TPSA) is 29.2 Å². The molecule has 4 aromatic rings. The van der Waals surface area contributed by atoms with E-state index >= 15 is 0 Å². The van der Waals surface area contributed by atoms with E-state index in [1.165, 1.54) is 17.7 Å². The van der Waals surface area contributed by atoms with Crippen molar-refractivity contribution in [3.63, 3.8) is 0 Å². The predicted molar refractivity (Wildman–Crippen MR) is 139 cm³/mol. The highest BCUT2D eigenvalue weighted by Gasteiger charge is 2.30. The first-order valence-electron chi connectivity index (χ1n) is 11.9. The standard InChI is InChI=1S/C27H28F2N5P/c1-31(2)13-21-16-33(17-35-26(21)29)23-7-8-24-20(11-23)15-32-14-19(18-3-5-22(28)6-4-18)12-25(32)27-30-9-10-34(24)27/h3-12,14,21,26,35H,13,15-17H2,1-2H3/t21-,26+/m1/s1. The molecule has 8 heteroatoms. The van der Waals surface area contributed by atoms with Gasteiger partial charge in [-0.1, -0.05) is 20.7 Å². The summed E-state index contributed by atoms with van der Waals surface area (Å²) < 4.78 is 32.4. The first-order valence-corrected chi connectivity index (χ1v) is 13.1. The van der Waals surface area contributed by atoms with Crippen LogP contribution in [0.1, 0.15) is 5.56 Å². The molecule has 0 radical (unpaired) electrons. The van der Waals surface area contributed by atoms with Gasteiger partial charge in [0, 0.05) is 61.7 Å². The average molecular weight is 492 g/mol. The summed E-state index contributed by atoms with van der Waals surface area (Å²) in [5.74, 6) is -0.0619. The lowest BCUT2D eigenvalue weighted by atomic mass is 10.1. The van der Waals surface area contributed by atoms with Gasteiger partial charge in [-0.25, -0.2) is 13.8 Å². The number of benzene rings is 2. The Morgan fingerprint density at radius 2 is 1.91 bits per heavy atom. The van der Waals surface area contributed by atoms with Gasteiger partial charge in [-0.3, -0.25) is 4.57 Å². The van der Waals surface area contributed by atoms with Gasteiger partial charge in [-0.15, -0.1) is 0 Å². The zero-order chi connectivity index (χ0) is 24.1. The van der Waals surface area contributed by atoms with Crippen molar-refractivity contribution in [2.45, 2.75) is 12.5 Å². The van der Waals surface area contributed by atoms with Crippen LogP contribution in [-0.2, 0) is 6.54 Å². The van der Waals surface area contributed by atoms with Crippen LogP contribution in [0.2, 0.25) is 0 Å². The maximum atomic E-state index is 14.6. The molecule has 180 valence electrons. The molecule has 4 heterocycles. The Hall–Kier alpha value is -3.02. The van der Waals surface area contributed by atoms with Crippen LogP contribution in [-0.4, -0.2) is 58.4 Å². The molecule has 2 aliphatic rings. The summed E-state index contributed by atoms with van der Waals surface area (Å²) in [5, 5.41) is 0. The van der Waals surface area contributed by atoms with Gasteiger partial charge < -0.3 is 14.4 Å². The molecule has 6 rings (SSSR count). The van der Waals surface area contributed by atoms with E-state index < -0.39 is 5.91 Å². The van der Waals surface area contributed by atoms with E-state index in [2.05, 4.69) is 54.4 Å². The van der Waals surface area contributed by atoms with Gasteiger partial charge in [0.2, 0.25) is 0 Å². The molecule has 3 atom stereocenters. The average Bonchev–Trinajstić information content (AvgIpc) is 3.46. The van der Waals surface area contributed by atoms with E-state index in [1.54, 1.807) is 0 Å². The highest BCUT2D eigenvalue weighted by molar-refractivity contribution is 7.38. The minimum absolute atomic E-state index is 0.0189. The molecule has 0 spiro atoms. The van der Waals surface area contributed by atoms with E-state index in [1.807, 2.05) is 38.6 Å². The van der Waals surface area contributed by atoms with Crippen LogP contribution in [0, 0.1) is 11.7 Å².